The molecule has 0 unspecified atom stereocenters. The Morgan fingerprint density at radius 2 is 1.00 bits per heavy atom. The molecule has 36 valence electrons. The van der Waals surface area contributed by atoms with E-state index >= 15 is 0 Å². The van der Waals surface area contributed by atoms with E-state index in [0.717, 1.165) is 0 Å². The monoisotopic (exact) mass is 224 g/mol. The Kier molecular flexibility index (Phi) is 2.20. The van der Waals surface area contributed by atoms with E-state index in [4.69, 9.17) is 0 Å². The van der Waals surface area contributed by atoms with Gasteiger partial charge in [0.05, 0.1) is 0 Å². The van der Waals surface area contributed by atoms with Crippen LogP contribution in [0.4, 0.5) is 0 Å². The molecule has 0 heterocycles. The summed E-state index contributed by atoms with van der Waals surface area (Å²) in [5.41, 5.74) is 0. The molecular weight excluding hydrogens is 217 g/mol. The maximum atomic E-state index is 2.12. The van der Waals surface area contributed by atoms with E-state index in [1.54, 1.807) is 0 Å². The van der Waals surface area contributed by atoms with Crippen molar-refractivity contribution in [2.24, 2.45) is 0 Å². The second-order valence-electron chi connectivity index (χ2n) is 1.58. The molecule has 0 bridgehead atoms. The van der Waals surface area contributed by atoms with Crippen molar-refractivity contribution >= 4 is 41.8 Å². The van der Waals surface area contributed by atoms with Crippen molar-refractivity contribution in [3.05, 3.63) is 24.3 Å². The number of rotatable bonds is 0. The van der Waals surface area contributed by atoms with Gasteiger partial charge in [-0.3, -0.25) is 0 Å². The standard InChI is InChI=1S/C6H4Ge2/c7-5-1-2-6(8)4-3-5/h1-4H. The van der Waals surface area contributed by atoms with Crippen LogP contribution < -0.4 is 8.79 Å². The molecule has 2 heteroatoms. The van der Waals surface area contributed by atoms with Gasteiger partial charge in [-0.15, -0.1) is 0 Å². The molecule has 0 N–H and O–H groups in total. The summed E-state index contributed by atoms with van der Waals surface area (Å²) in [6.45, 7) is 0. The van der Waals surface area contributed by atoms with Crippen LogP contribution in [-0.4, -0.2) is 33.0 Å². The van der Waals surface area contributed by atoms with Gasteiger partial charge < -0.3 is 0 Å². The fourth-order valence-corrected chi connectivity index (χ4v) is 1.17. The summed E-state index contributed by atoms with van der Waals surface area (Å²) in [7, 11) is 0. The van der Waals surface area contributed by atoms with E-state index in [1.807, 2.05) is 0 Å². The molecule has 0 aliphatic carbocycles. The third-order valence-electron chi connectivity index (χ3n) is 0.885. The molecule has 6 radical (unpaired) electrons. The summed E-state index contributed by atoms with van der Waals surface area (Å²) in [4.78, 5) is 0. The zero-order chi connectivity index (χ0) is 5.98. The normalized spacial score (nSPS) is 9.25. The van der Waals surface area contributed by atoms with Crippen LogP contribution in [0.15, 0.2) is 24.3 Å². The van der Waals surface area contributed by atoms with E-state index in [2.05, 4.69) is 57.3 Å². The van der Waals surface area contributed by atoms with Crippen molar-refractivity contribution < 1.29 is 0 Å². The van der Waals surface area contributed by atoms with Gasteiger partial charge in [0.25, 0.3) is 0 Å². The molecule has 0 atom stereocenters. The maximum absolute atomic E-state index is 2.12. The van der Waals surface area contributed by atoms with Crippen LogP contribution in [-0.2, 0) is 0 Å². The van der Waals surface area contributed by atoms with Gasteiger partial charge in [0.15, 0.2) is 0 Å². The first-order valence-electron chi connectivity index (χ1n) is 2.32. The summed E-state index contributed by atoms with van der Waals surface area (Å²) >= 11 is 4.19. The van der Waals surface area contributed by atoms with Gasteiger partial charge in [-0.05, 0) is 0 Å². The van der Waals surface area contributed by atoms with Crippen molar-refractivity contribution in [3.63, 3.8) is 0 Å². The molecule has 0 fully saturated rings. The number of hydrogen-bond acceptors (Lipinski definition) is 0. The summed E-state index contributed by atoms with van der Waals surface area (Å²) < 4.78 is 2.66. The molecular formula is C6H4Ge2. The minimum atomic E-state index is 1.33. The van der Waals surface area contributed by atoms with E-state index in [-0.39, 0.29) is 0 Å². The van der Waals surface area contributed by atoms with Crippen molar-refractivity contribution in [3.8, 4) is 0 Å². The van der Waals surface area contributed by atoms with E-state index in [0.29, 0.717) is 0 Å². The van der Waals surface area contributed by atoms with Crippen molar-refractivity contribution in [2.75, 3.05) is 0 Å². The molecule has 0 aliphatic heterocycles. The molecule has 1 aromatic carbocycles. The fraction of sp³-hybridized carbons (Fsp3) is 0. The van der Waals surface area contributed by atoms with Crippen LogP contribution in [0.3, 0.4) is 0 Å². The molecule has 0 amide bonds. The molecule has 1 aromatic rings. The third kappa shape index (κ3) is 1.67. The second kappa shape index (κ2) is 2.74. The summed E-state index contributed by atoms with van der Waals surface area (Å²) in [5.74, 6) is 0. The SMILES string of the molecule is [Ge][c]1cc[c]([Ge])cc1. The molecule has 0 nitrogen and oxygen atoms in total. The minimum absolute atomic E-state index is 1.33. The zero-order valence-corrected chi connectivity index (χ0v) is 8.51. The Morgan fingerprint density at radius 3 is 1.25 bits per heavy atom. The van der Waals surface area contributed by atoms with Gasteiger partial charge >= 0.3 is 66.1 Å². The van der Waals surface area contributed by atoms with Crippen LogP contribution in [0.2, 0.25) is 0 Å². The topological polar surface area (TPSA) is 0 Å². The van der Waals surface area contributed by atoms with Crippen molar-refractivity contribution in [1.82, 2.24) is 0 Å². The molecule has 0 saturated heterocycles. The quantitative estimate of drug-likeness (QED) is 0.507. The van der Waals surface area contributed by atoms with Gasteiger partial charge in [-0.1, -0.05) is 0 Å². The second-order valence-corrected chi connectivity index (χ2v) is 4.00. The molecule has 0 aromatic heterocycles. The number of benzene rings is 1. The van der Waals surface area contributed by atoms with E-state index in [9.17, 15) is 0 Å². The molecule has 8 heavy (non-hydrogen) atoms. The first-order chi connectivity index (χ1) is 3.79. The first kappa shape index (κ1) is 6.43. The Morgan fingerprint density at radius 1 is 0.750 bits per heavy atom. The predicted molar refractivity (Wildman–Crippen MR) is 37.2 cm³/mol. The van der Waals surface area contributed by atoms with Gasteiger partial charge in [0.2, 0.25) is 0 Å². The van der Waals surface area contributed by atoms with Crippen LogP contribution >= 0.6 is 0 Å². The van der Waals surface area contributed by atoms with Crippen LogP contribution in [0.1, 0.15) is 0 Å². The van der Waals surface area contributed by atoms with Gasteiger partial charge in [0.1, 0.15) is 0 Å². The van der Waals surface area contributed by atoms with E-state index < -0.39 is 0 Å². The van der Waals surface area contributed by atoms with Crippen LogP contribution in [0, 0.1) is 0 Å². The Labute approximate surface area is 66.1 Å². The van der Waals surface area contributed by atoms with Gasteiger partial charge in [-0.25, -0.2) is 0 Å². The fourth-order valence-electron chi connectivity index (χ4n) is 0.470. The van der Waals surface area contributed by atoms with E-state index in [1.165, 1.54) is 8.79 Å². The average molecular weight is 221 g/mol. The van der Waals surface area contributed by atoms with Crippen LogP contribution in [0.25, 0.3) is 0 Å². The summed E-state index contributed by atoms with van der Waals surface area (Å²) in [6.07, 6.45) is 0. The summed E-state index contributed by atoms with van der Waals surface area (Å²) in [6, 6.07) is 8.48. The Hall–Kier alpha value is 0.306. The summed E-state index contributed by atoms with van der Waals surface area (Å²) in [5, 5.41) is 0. The third-order valence-corrected chi connectivity index (χ3v) is 2.28. The molecule has 0 spiro atoms. The number of hydrogen-bond donors (Lipinski definition) is 0. The Balaban J connectivity index is 3.03. The Bertz CT molecular complexity index is 145. The van der Waals surface area contributed by atoms with Gasteiger partial charge in [0, 0.05) is 0 Å². The van der Waals surface area contributed by atoms with Gasteiger partial charge in [-0.2, -0.15) is 0 Å². The first-order valence-corrected chi connectivity index (χ1v) is 4.42. The molecule has 0 saturated carbocycles. The molecule has 1 rings (SSSR count). The average Bonchev–Trinajstić information content (AvgIpc) is 1.77. The molecule has 0 aliphatic rings. The zero-order valence-electron chi connectivity index (χ0n) is 4.31. The van der Waals surface area contributed by atoms with Crippen molar-refractivity contribution in [1.29, 1.82) is 0 Å². The predicted octanol–water partition coefficient (Wildman–Crippen LogP) is -0.726. The van der Waals surface area contributed by atoms with Crippen molar-refractivity contribution in [2.45, 2.75) is 0 Å². The van der Waals surface area contributed by atoms with Crippen LogP contribution in [0.5, 0.6) is 0 Å².